The molecule has 0 aliphatic heterocycles. The smallest absolute Gasteiger partial charge is 0.387 e. The van der Waals surface area contributed by atoms with Gasteiger partial charge >= 0.3 is 12.6 Å². The summed E-state index contributed by atoms with van der Waals surface area (Å²) in [7, 11) is 0. The van der Waals surface area contributed by atoms with Gasteiger partial charge in [0, 0.05) is 6.42 Å². The lowest BCUT2D eigenvalue weighted by atomic mass is 10.1. The number of carboxylic acids is 1. The first-order valence-corrected chi connectivity index (χ1v) is 9.16. The third-order valence-electron chi connectivity index (χ3n) is 3.85. The molecule has 1 heterocycles. The minimum Gasteiger partial charge on any atom is -0.481 e. The lowest BCUT2D eigenvalue weighted by Crippen LogP contribution is -2.01. The summed E-state index contributed by atoms with van der Waals surface area (Å²) in [5.41, 5.74) is 2.61. The van der Waals surface area contributed by atoms with Crippen molar-refractivity contribution in [2.75, 3.05) is 0 Å². The number of thiazole rings is 1. The zero-order valence-corrected chi connectivity index (χ0v) is 15.1. The van der Waals surface area contributed by atoms with E-state index in [1.54, 1.807) is 23.5 Å². The zero-order valence-electron chi connectivity index (χ0n) is 14.3. The van der Waals surface area contributed by atoms with E-state index in [1.807, 2.05) is 30.3 Å². The fourth-order valence-corrected chi connectivity index (χ4v) is 3.64. The number of ether oxygens (including phenoxy) is 1. The Balaban J connectivity index is 1.88. The molecule has 0 fully saturated rings. The van der Waals surface area contributed by atoms with Crippen LogP contribution in [0.3, 0.4) is 0 Å². The summed E-state index contributed by atoms with van der Waals surface area (Å²) in [4.78, 5) is 15.5. The van der Waals surface area contributed by atoms with Crippen LogP contribution >= 0.6 is 11.3 Å². The molecule has 27 heavy (non-hydrogen) atoms. The Morgan fingerprint density at radius 3 is 2.56 bits per heavy atom. The summed E-state index contributed by atoms with van der Waals surface area (Å²) in [5.74, 6) is -0.748. The fourth-order valence-electron chi connectivity index (χ4n) is 2.63. The van der Waals surface area contributed by atoms with Crippen LogP contribution in [0, 0.1) is 0 Å². The van der Waals surface area contributed by atoms with Gasteiger partial charge in [-0.1, -0.05) is 24.3 Å². The van der Waals surface area contributed by atoms with Crippen molar-refractivity contribution in [3.63, 3.8) is 0 Å². The number of aromatic nitrogens is 1. The molecule has 3 aromatic rings. The minimum atomic E-state index is -2.86. The molecule has 4 nitrogen and oxygen atoms in total. The van der Waals surface area contributed by atoms with Gasteiger partial charge in [-0.05, 0) is 54.3 Å². The van der Waals surface area contributed by atoms with E-state index in [0.717, 1.165) is 26.4 Å². The summed E-state index contributed by atoms with van der Waals surface area (Å²) in [6.45, 7) is -2.86. The largest absolute Gasteiger partial charge is 0.481 e. The van der Waals surface area contributed by atoms with E-state index in [0.29, 0.717) is 12.8 Å². The van der Waals surface area contributed by atoms with Crippen molar-refractivity contribution in [1.82, 2.24) is 4.98 Å². The van der Waals surface area contributed by atoms with Crippen LogP contribution in [0.1, 0.15) is 29.8 Å². The average molecular weight is 389 g/mol. The molecule has 0 aliphatic carbocycles. The summed E-state index contributed by atoms with van der Waals surface area (Å²) < 4.78 is 30.0. The number of halogens is 2. The number of carbonyl (C=O) groups is 1. The molecular weight excluding hydrogens is 372 g/mol. The molecule has 0 spiro atoms. The predicted octanol–water partition coefficient (Wildman–Crippen LogP) is 5.69. The topological polar surface area (TPSA) is 59.4 Å². The van der Waals surface area contributed by atoms with Gasteiger partial charge in [-0.3, -0.25) is 4.79 Å². The van der Waals surface area contributed by atoms with Crippen molar-refractivity contribution < 1.29 is 23.4 Å². The molecule has 0 unspecified atom stereocenters. The number of allylic oxidation sites excluding steroid dienone is 1. The van der Waals surface area contributed by atoms with E-state index >= 15 is 0 Å². The third kappa shape index (κ3) is 5.34. The Hall–Kier alpha value is -2.80. The first-order chi connectivity index (χ1) is 13.0. The Morgan fingerprint density at radius 2 is 1.89 bits per heavy atom. The number of para-hydroxylation sites is 1. The number of alkyl halides is 2. The Bertz CT molecular complexity index is 918. The van der Waals surface area contributed by atoms with Gasteiger partial charge in [-0.15, -0.1) is 11.3 Å². The molecule has 2 aromatic carbocycles. The highest BCUT2D eigenvalue weighted by Crippen LogP contribution is 2.31. The number of benzene rings is 2. The monoisotopic (exact) mass is 389 g/mol. The van der Waals surface area contributed by atoms with Crippen LogP contribution < -0.4 is 4.74 Å². The van der Waals surface area contributed by atoms with Crippen molar-refractivity contribution in [3.05, 3.63) is 59.1 Å². The van der Waals surface area contributed by atoms with Crippen LogP contribution in [0.5, 0.6) is 5.75 Å². The molecule has 0 aliphatic rings. The van der Waals surface area contributed by atoms with Crippen molar-refractivity contribution in [3.8, 4) is 5.75 Å². The molecule has 1 aromatic heterocycles. The van der Waals surface area contributed by atoms with Gasteiger partial charge in [0.15, 0.2) is 0 Å². The molecule has 0 amide bonds. The second-order valence-electron chi connectivity index (χ2n) is 5.85. The van der Waals surface area contributed by atoms with Crippen molar-refractivity contribution in [2.24, 2.45) is 0 Å². The van der Waals surface area contributed by atoms with Crippen LogP contribution in [0.15, 0.2) is 48.5 Å². The fraction of sp³-hybridized carbons (Fsp3) is 0.200. The molecular formula is C20H17F2NO3S. The highest BCUT2D eigenvalue weighted by atomic mass is 32.1. The number of nitrogens with zero attached hydrogens (tertiary/aromatic N) is 1. The van der Waals surface area contributed by atoms with E-state index < -0.39 is 12.6 Å². The molecule has 0 atom stereocenters. The standard InChI is InChI=1S/C20H17F2NO3S/c21-20(22)26-15-10-8-13(9-11-15)12-14(4-3-7-18(24)25)19-23-16-5-1-2-6-17(16)27-19/h1-2,5-6,8-12,20H,3-4,7H2,(H,24,25)/b14-12+. The SMILES string of the molecule is O=C(O)CCC/C(=C\c1ccc(OC(F)F)cc1)c1nc2ccccc2s1. The van der Waals surface area contributed by atoms with Gasteiger partial charge in [-0.2, -0.15) is 8.78 Å². The Labute approximate surface area is 158 Å². The number of fused-ring (bicyclic) bond motifs is 1. The van der Waals surface area contributed by atoms with Crippen molar-refractivity contribution in [1.29, 1.82) is 0 Å². The van der Waals surface area contributed by atoms with Crippen LogP contribution in [-0.4, -0.2) is 22.7 Å². The van der Waals surface area contributed by atoms with Gasteiger partial charge in [0.1, 0.15) is 10.8 Å². The Kier molecular flexibility index (Phi) is 6.13. The number of rotatable bonds is 8. The molecule has 0 saturated carbocycles. The third-order valence-corrected chi connectivity index (χ3v) is 4.96. The minimum absolute atomic E-state index is 0.0728. The maximum atomic E-state index is 12.3. The number of hydrogen-bond acceptors (Lipinski definition) is 4. The lowest BCUT2D eigenvalue weighted by molar-refractivity contribution is -0.137. The maximum Gasteiger partial charge on any atom is 0.387 e. The summed E-state index contributed by atoms with van der Waals surface area (Å²) in [6.07, 6.45) is 3.03. The normalized spacial score (nSPS) is 11.9. The van der Waals surface area contributed by atoms with Crippen LogP contribution in [0.25, 0.3) is 21.9 Å². The zero-order chi connectivity index (χ0) is 19.2. The molecule has 140 valence electrons. The van der Waals surface area contributed by atoms with Gasteiger partial charge in [0.2, 0.25) is 0 Å². The molecule has 7 heteroatoms. The van der Waals surface area contributed by atoms with Gasteiger partial charge < -0.3 is 9.84 Å². The van der Waals surface area contributed by atoms with Crippen LogP contribution in [-0.2, 0) is 4.79 Å². The molecule has 0 bridgehead atoms. The first-order valence-electron chi connectivity index (χ1n) is 8.34. The predicted molar refractivity (Wildman–Crippen MR) is 102 cm³/mol. The number of carboxylic acid groups (broad SMARTS) is 1. The Morgan fingerprint density at radius 1 is 1.15 bits per heavy atom. The summed E-state index contributed by atoms with van der Waals surface area (Å²) >= 11 is 1.54. The quantitative estimate of drug-likeness (QED) is 0.537. The summed E-state index contributed by atoms with van der Waals surface area (Å²) in [6, 6.07) is 14.1. The van der Waals surface area contributed by atoms with E-state index in [1.165, 1.54) is 12.1 Å². The van der Waals surface area contributed by atoms with E-state index in [-0.39, 0.29) is 12.2 Å². The average Bonchev–Trinajstić information content (AvgIpc) is 3.05. The van der Waals surface area contributed by atoms with Crippen molar-refractivity contribution in [2.45, 2.75) is 25.9 Å². The molecule has 3 rings (SSSR count). The van der Waals surface area contributed by atoms with E-state index in [9.17, 15) is 13.6 Å². The highest BCUT2D eigenvalue weighted by molar-refractivity contribution is 7.19. The second-order valence-corrected chi connectivity index (χ2v) is 6.88. The number of hydrogen-bond donors (Lipinski definition) is 1. The van der Waals surface area contributed by atoms with Crippen molar-refractivity contribution >= 4 is 39.2 Å². The molecule has 0 radical (unpaired) electrons. The van der Waals surface area contributed by atoms with E-state index in [4.69, 9.17) is 5.11 Å². The maximum absolute atomic E-state index is 12.3. The highest BCUT2D eigenvalue weighted by Gasteiger charge is 2.11. The molecule has 1 N–H and O–H groups in total. The second kappa shape index (κ2) is 8.73. The van der Waals surface area contributed by atoms with Crippen LogP contribution in [0.4, 0.5) is 8.78 Å². The van der Waals surface area contributed by atoms with E-state index in [2.05, 4.69) is 9.72 Å². The van der Waals surface area contributed by atoms with Gasteiger partial charge in [0.25, 0.3) is 0 Å². The first kappa shape index (κ1) is 19.0. The molecule has 0 saturated heterocycles. The van der Waals surface area contributed by atoms with Gasteiger partial charge in [-0.25, -0.2) is 4.98 Å². The lowest BCUT2D eigenvalue weighted by Gasteiger charge is -2.06. The number of aliphatic carboxylic acids is 1. The summed E-state index contributed by atoms with van der Waals surface area (Å²) in [5, 5.41) is 9.72. The van der Waals surface area contributed by atoms with Crippen LogP contribution in [0.2, 0.25) is 0 Å². The van der Waals surface area contributed by atoms with Gasteiger partial charge in [0.05, 0.1) is 10.2 Å².